The summed E-state index contributed by atoms with van der Waals surface area (Å²) >= 11 is 0. The van der Waals surface area contributed by atoms with Crippen LogP contribution in [0.3, 0.4) is 0 Å². The molecular formula is C13H19NO. The van der Waals surface area contributed by atoms with Gasteiger partial charge in [-0.3, -0.25) is 0 Å². The molecule has 0 atom stereocenters. The Morgan fingerprint density at radius 1 is 1.47 bits per heavy atom. The number of aryl methyl sites for hydroxylation is 1. The second-order valence-corrected chi connectivity index (χ2v) is 3.56. The van der Waals surface area contributed by atoms with E-state index < -0.39 is 0 Å². The molecule has 0 aromatic heterocycles. The molecule has 1 rings (SSSR count). The number of benzene rings is 1. The third kappa shape index (κ3) is 3.76. The van der Waals surface area contributed by atoms with Crippen LogP contribution in [0.25, 0.3) is 0 Å². The van der Waals surface area contributed by atoms with Crippen molar-refractivity contribution in [2.45, 2.75) is 19.9 Å². The van der Waals surface area contributed by atoms with Gasteiger partial charge in [0.05, 0.1) is 7.11 Å². The second kappa shape index (κ2) is 6.25. The number of nitrogens with one attached hydrogen (secondary N) is 1. The van der Waals surface area contributed by atoms with E-state index in [0.29, 0.717) is 0 Å². The molecule has 1 aromatic carbocycles. The molecule has 82 valence electrons. The van der Waals surface area contributed by atoms with Gasteiger partial charge < -0.3 is 10.1 Å². The fourth-order valence-electron chi connectivity index (χ4n) is 1.49. The maximum atomic E-state index is 5.21. The summed E-state index contributed by atoms with van der Waals surface area (Å²) in [5, 5.41) is 3.36. The Bertz CT molecular complexity index is 320. The Hall–Kier alpha value is -1.28. The molecule has 0 spiro atoms. The van der Waals surface area contributed by atoms with Gasteiger partial charge in [-0.25, -0.2) is 0 Å². The quantitative estimate of drug-likeness (QED) is 0.569. The minimum Gasteiger partial charge on any atom is -0.496 e. The van der Waals surface area contributed by atoms with Gasteiger partial charge in [0, 0.05) is 6.54 Å². The predicted octanol–water partition coefficient (Wildman–Crippen LogP) is 2.67. The van der Waals surface area contributed by atoms with E-state index in [4.69, 9.17) is 4.74 Å². The number of methoxy groups -OCH3 is 1. The second-order valence-electron chi connectivity index (χ2n) is 3.56. The smallest absolute Gasteiger partial charge is 0.121 e. The van der Waals surface area contributed by atoms with E-state index in [2.05, 4.69) is 31.0 Å². The van der Waals surface area contributed by atoms with Crippen molar-refractivity contribution in [2.24, 2.45) is 0 Å². The Morgan fingerprint density at radius 2 is 2.27 bits per heavy atom. The topological polar surface area (TPSA) is 21.3 Å². The maximum Gasteiger partial charge on any atom is 0.121 e. The molecule has 1 aromatic rings. The van der Waals surface area contributed by atoms with Gasteiger partial charge in [0.1, 0.15) is 5.75 Å². The van der Waals surface area contributed by atoms with Gasteiger partial charge in [-0.1, -0.05) is 18.2 Å². The van der Waals surface area contributed by atoms with Crippen LogP contribution in [0.2, 0.25) is 0 Å². The van der Waals surface area contributed by atoms with Crippen LogP contribution in [-0.4, -0.2) is 13.7 Å². The van der Waals surface area contributed by atoms with E-state index in [0.717, 1.165) is 25.3 Å². The van der Waals surface area contributed by atoms with Crippen LogP contribution >= 0.6 is 0 Å². The number of rotatable bonds is 6. The molecule has 1 N–H and O–H groups in total. The number of hydrogen-bond acceptors (Lipinski definition) is 2. The van der Waals surface area contributed by atoms with Crippen LogP contribution in [0.15, 0.2) is 30.9 Å². The molecule has 0 aliphatic heterocycles. The molecule has 0 aliphatic carbocycles. The molecule has 0 radical (unpaired) electrons. The summed E-state index contributed by atoms with van der Waals surface area (Å²) in [7, 11) is 1.70. The van der Waals surface area contributed by atoms with E-state index in [-0.39, 0.29) is 0 Å². The lowest BCUT2D eigenvalue weighted by atomic mass is 10.1. The standard InChI is InChI=1S/C13H19NO/c1-4-5-8-14-10-12-6-7-13(15-3)11(2)9-12/h4,6-7,9,14H,1,5,8,10H2,2-3H3. The highest BCUT2D eigenvalue weighted by Crippen LogP contribution is 2.18. The van der Waals surface area contributed by atoms with Gasteiger partial charge in [0.25, 0.3) is 0 Å². The number of hydrogen-bond donors (Lipinski definition) is 1. The minimum absolute atomic E-state index is 0.901. The average molecular weight is 205 g/mol. The van der Waals surface area contributed by atoms with Gasteiger partial charge in [0.15, 0.2) is 0 Å². The van der Waals surface area contributed by atoms with Crippen LogP contribution in [0.5, 0.6) is 5.75 Å². The van der Waals surface area contributed by atoms with Gasteiger partial charge in [-0.15, -0.1) is 6.58 Å². The first-order valence-corrected chi connectivity index (χ1v) is 5.23. The fraction of sp³-hybridized carbons (Fsp3) is 0.385. The molecule has 0 heterocycles. The Kier molecular flexibility index (Phi) is 4.91. The van der Waals surface area contributed by atoms with Gasteiger partial charge >= 0.3 is 0 Å². The molecule has 15 heavy (non-hydrogen) atoms. The van der Waals surface area contributed by atoms with Crippen LogP contribution in [0.4, 0.5) is 0 Å². The van der Waals surface area contributed by atoms with Crippen molar-refractivity contribution in [3.8, 4) is 5.75 Å². The van der Waals surface area contributed by atoms with Crippen molar-refractivity contribution < 1.29 is 4.74 Å². The van der Waals surface area contributed by atoms with Gasteiger partial charge in [-0.05, 0) is 37.1 Å². The van der Waals surface area contributed by atoms with Crippen molar-refractivity contribution in [1.82, 2.24) is 5.32 Å². The van der Waals surface area contributed by atoms with E-state index in [1.54, 1.807) is 7.11 Å². The summed E-state index contributed by atoms with van der Waals surface area (Å²) < 4.78 is 5.21. The Labute approximate surface area is 92.0 Å². The van der Waals surface area contributed by atoms with E-state index in [1.165, 1.54) is 11.1 Å². The summed E-state index contributed by atoms with van der Waals surface area (Å²) in [6.07, 6.45) is 2.93. The minimum atomic E-state index is 0.901. The van der Waals surface area contributed by atoms with E-state index in [9.17, 15) is 0 Å². The van der Waals surface area contributed by atoms with Crippen molar-refractivity contribution in [1.29, 1.82) is 0 Å². The summed E-state index contributed by atoms with van der Waals surface area (Å²) in [5.74, 6) is 0.949. The van der Waals surface area contributed by atoms with Crippen molar-refractivity contribution in [2.75, 3.05) is 13.7 Å². The fourth-order valence-corrected chi connectivity index (χ4v) is 1.49. The van der Waals surface area contributed by atoms with Crippen molar-refractivity contribution >= 4 is 0 Å². The molecule has 0 fully saturated rings. The molecule has 0 bridgehead atoms. The highest BCUT2D eigenvalue weighted by molar-refractivity contribution is 5.36. The third-order valence-electron chi connectivity index (χ3n) is 2.31. The summed E-state index contributed by atoms with van der Waals surface area (Å²) in [6, 6.07) is 6.26. The van der Waals surface area contributed by atoms with Crippen LogP contribution in [0.1, 0.15) is 17.5 Å². The third-order valence-corrected chi connectivity index (χ3v) is 2.31. The normalized spacial score (nSPS) is 10.0. The summed E-state index contributed by atoms with van der Waals surface area (Å²) in [6.45, 7) is 7.63. The molecule has 2 heteroatoms. The molecule has 0 amide bonds. The predicted molar refractivity (Wildman–Crippen MR) is 64.3 cm³/mol. The Morgan fingerprint density at radius 3 is 2.87 bits per heavy atom. The van der Waals surface area contributed by atoms with E-state index in [1.807, 2.05) is 12.1 Å². The monoisotopic (exact) mass is 205 g/mol. The lowest BCUT2D eigenvalue weighted by Gasteiger charge is -2.08. The lowest BCUT2D eigenvalue weighted by Crippen LogP contribution is -2.14. The molecular weight excluding hydrogens is 186 g/mol. The van der Waals surface area contributed by atoms with Gasteiger partial charge in [-0.2, -0.15) is 0 Å². The van der Waals surface area contributed by atoms with Crippen molar-refractivity contribution in [3.63, 3.8) is 0 Å². The first kappa shape index (κ1) is 11.8. The molecule has 0 saturated carbocycles. The van der Waals surface area contributed by atoms with Crippen LogP contribution in [0, 0.1) is 6.92 Å². The zero-order valence-electron chi connectivity index (χ0n) is 9.55. The van der Waals surface area contributed by atoms with Crippen LogP contribution in [-0.2, 0) is 6.54 Å². The SMILES string of the molecule is C=CCCNCc1ccc(OC)c(C)c1. The molecule has 0 saturated heterocycles. The lowest BCUT2D eigenvalue weighted by molar-refractivity contribution is 0.411. The van der Waals surface area contributed by atoms with E-state index >= 15 is 0 Å². The number of ether oxygens (including phenoxy) is 1. The Balaban J connectivity index is 2.48. The first-order chi connectivity index (χ1) is 7.27. The maximum absolute atomic E-state index is 5.21. The first-order valence-electron chi connectivity index (χ1n) is 5.23. The molecule has 0 unspecified atom stereocenters. The van der Waals surface area contributed by atoms with Crippen molar-refractivity contribution in [3.05, 3.63) is 42.0 Å². The zero-order valence-corrected chi connectivity index (χ0v) is 9.55. The average Bonchev–Trinajstić information content (AvgIpc) is 2.25. The largest absolute Gasteiger partial charge is 0.496 e. The molecule has 0 aliphatic rings. The summed E-state index contributed by atoms with van der Waals surface area (Å²) in [5.41, 5.74) is 2.47. The summed E-state index contributed by atoms with van der Waals surface area (Å²) in [4.78, 5) is 0. The molecule has 2 nitrogen and oxygen atoms in total. The highest BCUT2D eigenvalue weighted by atomic mass is 16.5. The van der Waals surface area contributed by atoms with Gasteiger partial charge in [0.2, 0.25) is 0 Å². The van der Waals surface area contributed by atoms with Crippen LogP contribution < -0.4 is 10.1 Å². The highest BCUT2D eigenvalue weighted by Gasteiger charge is 1.98. The zero-order chi connectivity index (χ0) is 11.1.